The van der Waals surface area contributed by atoms with Crippen molar-refractivity contribution in [2.45, 2.75) is 98.0 Å². The SMILES string of the molecule is C=CC(=O)N1CC[N@@+]2(COCCN2C(=O)N(C)[C@H](C(=O)N[C@H]2Cc3nc(cs3)-c3ccc4c(c3)c(c(-c3cccnc3[C@H](C)OC)n4CC)CC(C)(C)COC(=O)[C@@H]3CCCN(N3)C2=O)C(C)C)C1. The van der Waals surface area contributed by atoms with Gasteiger partial charge in [-0.05, 0) is 74.9 Å². The number of urea groups is 1. The lowest BCUT2D eigenvalue weighted by Gasteiger charge is -2.46. The molecule has 8 rings (SSSR count). The Bertz CT molecular complexity index is 2610. The van der Waals surface area contributed by atoms with Crippen LogP contribution in [0.3, 0.4) is 0 Å². The third-order valence-electron chi connectivity index (χ3n) is 14.0. The predicted molar refractivity (Wildman–Crippen MR) is 261 cm³/mol. The van der Waals surface area contributed by atoms with Gasteiger partial charge in [-0.3, -0.25) is 34.1 Å². The number of carbonyl (C=O) groups is 5. The van der Waals surface area contributed by atoms with Crippen LogP contribution < -0.4 is 10.7 Å². The van der Waals surface area contributed by atoms with E-state index >= 15 is 0 Å². The molecule has 1 spiro atoms. The molecule has 4 aliphatic rings. The van der Waals surface area contributed by atoms with E-state index in [1.54, 1.807) is 30.3 Å². The molecule has 4 aliphatic heterocycles. The van der Waals surface area contributed by atoms with E-state index in [2.05, 4.69) is 66.9 Å². The molecule has 3 saturated heterocycles. The van der Waals surface area contributed by atoms with Crippen LogP contribution in [-0.4, -0.2) is 154 Å². The molecule has 0 unspecified atom stereocenters. The van der Waals surface area contributed by atoms with Crippen molar-refractivity contribution in [3.05, 3.63) is 70.8 Å². The van der Waals surface area contributed by atoms with Gasteiger partial charge in [-0.2, -0.15) is 9.60 Å². The molecule has 18 nitrogen and oxygen atoms in total. The quantitative estimate of drug-likeness (QED) is 0.127. The maximum Gasteiger partial charge on any atom is 0.364 e. The normalized spacial score (nSPS) is 22.9. The van der Waals surface area contributed by atoms with Gasteiger partial charge in [-0.1, -0.05) is 40.3 Å². The number of cyclic esters (lactones) is 1. The number of benzene rings is 1. The molecule has 6 bridgehead atoms. The second-order valence-corrected chi connectivity index (χ2v) is 20.7. The molecule has 370 valence electrons. The van der Waals surface area contributed by atoms with E-state index in [-0.39, 0.29) is 55.5 Å². The van der Waals surface area contributed by atoms with Crippen LogP contribution in [0, 0.1) is 11.3 Å². The van der Waals surface area contributed by atoms with Gasteiger partial charge in [0.2, 0.25) is 12.6 Å². The highest BCUT2D eigenvalue weighted by atomic mass is 32.1. The Morgan fingerprint density at radius 3 is 2.70 bits per heavy atom. The molecule has 69 heavy (non-hydrogen) atoms. The van der Waals surface area contributed by atoms with Crippen molar-refractivity contribution >= 4 is 52.0 Å². The number of pyridine rings is 1. The van der Waals surface area contributed by atoms with Crippen molar-refractivity contribution in [2.24, 2.45) is 11.3 Å². The van der Waals surface area contributed by atoms with Gasteiger partial charge in [0.15, 0.2) is 6.67 Å². The first-order valence-electron chi connectivity index (χ1n) is 24.0. The third-order valence-corrected chi connectivity index (χ3v) is 14.9. The van der Waals surface area contributed by atoms with Crippen molar-refractivity contribution < 1.29 is 42.8 Å². The standard InChI is InChI=1S/C50H66N10O8S/c1-10-42(61)56-20-22-60(29-56)30-67-23-21-59(60)49(65)55(8)44(31(3)4)46(62)53-38-25-41-52-39(27-69-41)33-16-17-40-35(24-33)36(45(57(40)11-2)34-14-12-18-51-43(34)32(5)66-9)26-50(6,7)28-68-48(64)37-15-13-19-58(54-37)47(38)63/h10,12,14,16-18,24,27,31-32,37-38,44,54H,1,11,13,15,19-23,25-26,28-30H2,2-9H3/p+1/t32-,37-,38-,44-,60-/m0/s1. The average Bonchev–Trinajstić information content (AvgIpc) is 4.08. The summed E-state index contributed by atoms with van der Waals surface area (Å²) in [5.41, 5.74) is 9.22. The number of aromatic nitrogens is 3. The molecule has 5 amide bonds. The first-order valence-corrected chi connectivity index (χ1v) is 24.9. The van der Waals surface area contributed by atoms with Crippen molar-refractivity contribution in [3.63, 3.8) is 0 Å². The van der Waals surface area contributed by atoms with E-state index < -0.39 is 47.4 Å². The number of nitrogens with one attached hydrogen (secondary N) is 2. The zero-order valence-electron chi connectivity index (χ0n) is 41.2. The number of likely N-dealkylation sites (N-methyl/N-ethyl adjacent to an activating group) is 1. The minimum absolute atomic E-state index is 0.0567. The molecule has 3 fully saturated rings. The summed E-state index contributed by atoms with van der Waals surface area (Å²) in [6.45, 7) is 18.6. The molecule has 0 radical (unpaired) electrons. The van der Waals surface area contributed by atoms with Gasteiger partial charge in [-0.25, -0.2) is 15.2 Å². The van der Waals surface area contributed by atoms with Gasteiger partial charge in [0.1, 0.15) is 24.7 Å². The van der Waals surface area contributed by atoms with Crippen molar-refractivity contribution in [1.29, 1.82) is 0 Å². The van der Waals surface area contributed by atoms with Crippen molar-refractivity contribution in [2.75, 3.05) is 66.9 Å². The molecular weight excluding hydrogens is 901 g/mol. The van der Waals surface area contributed by atoms with Gasteiger partial charge in [0, 0.05) is 72.7 Å². The fourth-order valence-corrected chi connectivity index (χ4v) is 11.2. The molecular formula is C50H67N10O8S+. The van der Waals surface area contributed by atoms with Crippen molar-refractivity contribution in [1.82, 2.24) is 45.1 Å². The second kappa shape index (κ2) is 20.3. The lowest BCUT2D eigenvalue weighted by molar-refractivity contribution is -1.04. The number of quaternary nitrogens is 1. The Balaban J connectivity index is 1.15. The number of aryl methyl sites for hydroxylation is 1. The Morgan fingerprint density at radius 2 is 1.96 bits per heavy atom. The maximum atomic E-state index is 14.8. The number of thiazole rings is 1. The molecule has 4 aromatic rings. The molecule has 0 aliphatic carbocycles. The summed E-state index contributed by atoms with van der Waals surface area (Å²) in [5, 5.41) is 9.78. The number of ether oxygens (including phenoxy) is 3. The van der Waals surface area contributed by atoms with E-state index in [1.165, 1.54) is 27.3 Å². The number of nitrogens with zero attached hydrogens (tertiary/aromatic N) is 8. The molecule has 3 aromatic heterocycles. The average molecular weight is 968 g/mol. The van der Waals surface area contributed by atoms with Crippen LogP contribution in [0.2, 0.25) is 0 Å². The van der Waals surface area contributed by atoms with E-state index in [1.807, 2.05) is 32.2 Å². The van der Waals surface area contributed by atoms with Gasteiger partial charge >= 0.3 is 12.0 Å². The Labute approximate surface area is 408 Å². The summed E-state index contributed by atoms with van der Waals surface area (Å²) < 4.78 is 20.2. The Morgan fingerprint density at radius 1 is 1.16 bits per heavy atom. The maximum absolute atomic E-state index is 14.8. The van der Waals surface area contributed by atoms with Crippen LogP contribution in [0.15, 0.2) is 54.6 Å². The highest BCUT2D eigenvalue weighted by Gasteiger charge is 2.50. The summed E-state index contributed by atoms with van der Waals surface area (Å²) >= 11 is 1.40. The molecule has 1 aromatic carbocycles. The summed E-state index contributed by atoms with van der Waals surface area (Å²) in [6.07, 6.45) is 4.40. The monoisotopic (exact) mass is 967 g/mol. The van der Waals surface area contributed by atoms with E-state index in [0.29, 0.717) is 57.1 Å². The summed E-state index contributed by atoms with van der Waals surface area (Å²) in [4.78, 5) is 83.6. The van der Waals surface area contributed by atoms with Gasteiger partial charge in [0.05, 0.1) is 54.5 Å². The number of amides is 5. The lowest BCUT2D eigenvalue weighted by Crippen LogP contribution is -2.69. The second-order valence-electron chi connectivity index (χ2n) is 19.8. The first kappa shape index (κ1) is 49.7. The summed E-state index contributed by atoms with van der Waals surface area (Å²) in [7, 11) is 3.28. The first-order chi connectivity index (χ1) is 33.0. The van der Waals surface area contributed by atoms with Gasteiger partial charge in [-0.15, -0.1) is 11.3 Å². The molecule has 0 saturated carbocycles. The number of carbonyl (C=O) groups excluding carboxylic acids is 5. The number of esters is 1. The molecule has 19 heteroatoms. The van der Waals surface area contributed by atoms with Gasteiger partial charge in [0.25, 0.3) is 11.8 Å². The topological polar surface area (TPSA) is 181 Å². The third kappa shape index (κ3) is 9.88. The smallest absolute Gasteiger partial charge is 0.364 e. The zero-order valence-corrected chi connectivity index (χ0v) is 42.0. The van der Waals surface area contributed by atoms with Crippen LogP contribution in [0.5, 0.6) is 0 Å². The summed E-state index contributed by atoms with van der Waals surface area (Å²) in [5.74, 6) is -2.00. The zero-order chi connectivity index (χ0) is 49.4. The predicted octanol–water partition coefficient (Wildman–Crippen LogP) is 5.29. The fourth-order valence-electron chi connectivity index (χ4n) is 10.4. The van der Waals surface area contributed by atoms with Crippen molar-refractivity contribution in [3.8, 4) is 22.5 Å². The fraction of sp³-hybridized carbons (Fsp3) is 0.540. The number of fused-ring (bicyclic) bond motifs is 6. The minimum atomic E-state index is -1.11. The van der Waals surface area contributed by atoms with E-state index in [0.717, 1.165) is 44.7 Å². The number of hydrogen-bond acceptors (Lipinski definition) is 12. The van der Waals surface area contributed by atoms with Crippen LogP contribution in [0.25, 0.3) is 33.4 Å². The Hall–Kier alpha value is -5.73. The van der Waals surface area contributed by atoms with Crippen LogP contribution in [0.4, 0.5) is 4.79 Å². The van der Waals surface area contributed by atoms with E-state index in [4.69, 9.17) is 24.2 Å². The number of hydrazine groups is 1. The largest absolute Gasteiger partial charge is 0.464 e. The van der Waals surface area contributed by atoms with E-state index in [9.17, 15) is 24.0 Å². The number of methoxy groups -OCH3 is 1. The van der Waals surface area contributed by atoms with Gasteiger partial charge < -0.3 is 29.0 Å². The van der Waals surface area contributed by atoms with Crippen LogP contribution >= 0.6 is 11.3 Å². The van der Waals surface area contributed by atoms with Crippen LogP contribution in [0.1, 0.15) is 76.8 Å². The molecule has 7 heterocycles. The Kier molecular flexibility index (Phi) is 14.6. The lowest BCUT2D eigenvalue weighted by atomic mass is 9.84. The number of hydrogen-bond donors (Lipinski definition) is 2. The minimum Gasteiger partial charge on any atom is -0.464 e. The number of rotatable bonds is 9. The highest BCUT2D eigenvalue weighted by Crippen LogP contribution is 2.42. The molecule has 5 atom stereocenters. The van der Waals surface area contributed by atoms with Crippen LogP contribution in [-0.2, 0) is 52.8 Å². The highest BCUT2D eigenvalue weighted by molar-refractivity contribution is 7.10. The summed E-state index contributed by atoms with van der Waals surface area (Å²) in [6, 6.07) is 7.11. The molecule has 2 N–H and O–H groups in total.